The van der Waals surface area contributed by atoms with Crippen molar-refractivity contribution < 1.29 is 4.74 Å². The number of nitrogens with one attached hydrogen (secondary N) is 1. The van der Waals surface area contributed by atoms with Gasteiger partial charge in [0.2, 0.25) is 0 Å². The first-order chi connectivity index (χ1) is 9.13. The van der Waals surface area contributed by atoms with Gasteiger partial charge in [-0.05, 0) is 56.9 Å². The minimum Gasteiger partial charge on any atom is -0.382 e. The second-order valence-electron chi connectivity index (χ2n) is 4.60. The van der Waals surface area contributed by atoms with Crippen molar-refractivity contribution in [3.05, 3.63) is 29.3 Å². The minimum atomic E-state index is 0. The fourth-order valence-corrected chi connectivity index (χ4v) is 1.67. The molecule has 1 aromatic carbocycles. The zero-order valence-electron chi connectivity index (χ0n) is 12.6. The van der Waals surface area contributed by atoms with Gasteiger partial charge in [-0.1, -0.05) is 6.07 Å². The quantitative estimate of drug-likeness (QED) is 0.324. The van der Waals surface area contributed by atoms with Crippen LogP contribution < -0.4 is 11.1 Å². The summed E-state index contributed by atoms with van der Waals surface area (Å²) in [5.74, 6) is 0.472. The Kier molecular flexibility index (Phi) is 10.5. The summed E-state index contributed by atoms with van der Waals surface area (Å²) in [6.45, 7) is 8.49. The van der Waals surface area contributed by atoms with E-state index in [1.54, 1.807) is 0 Å². The number of anilines is 1. The van der Waals surface area contributed by atoms with E-state index in [4.69, 9.17) is 10.5 Å². The van der Waals surface area contributed by atoms with Crippen LogP contribution in [0.15, 0.2) is 23.2 Å². The first-order valence-electron chi connectivity index (χ1n) is 6.85. The molecule has 0 radical (unpaired) electrons. The normalized spacial score (nSPS) is 11.1. The molecule has 1 aromatic rings. The number of rotatable bonds is 7. The molecule has 0 fully saturated rings. The number of ether oxygens (including phenoxy) is 1. The van der Waals surface area contributed by atoms with E-state index in [-0.39, 0.29) is 24.0 Å². The third-order valence-electron chi connectivity index (χ3n) is 2.96. The fraction of sp³-hybridized carbons (Fsp3) is 0.533. The second kappa shape index (κ2) is 10.9. The predicted molar refractivity (Wildman–Crippen MR) is 97.2 cm³/mol. The summed E-state index contributed by atoms with van der Waals surface area (Å²) in [4.78, 5) is 4.30. The highest BCUT2D eigenvalue weighted by Crippen LogP contribution is 2.13. The predicted octanol–water partition coefficient (Wildman–Crippen LogP) is 3.46. The van der Waals surface area contributed by atoms with Crippen molar-refractivity contribution in [1.29, 1.82) is 0 Å². The Hall–Kier alpha value is -0.820. The molecule has 0 spiro atoms. The summed E-state index contributed by atoms with van der Waals surface area (Å²) in [7, 11) is 0. The van der Waals surface area contributed by atoms with Crippen molar-refractivity contribution in [2.75, 3.05) is 25.1 Å². The average Bonchev–Trinajstić information content (AvgIpc) is 2.38. The molecule has 5 heteroatoms. The summed E-state index contributed by atoms with van der Waals surface area (Å²) >= 11 is 0. The van der Waals surface area contributed by atoms with Crippen molar-refractivity contribution in [2.45, 2.75) is 33.6 Å². The molecule has 0 saturated carbocycles. The summed E-state index contributed by atoms with van der Waals surface area (Å²) < 4.78 is 5.27. The lowest BCUT2D eigenvalue weighted by molar-refractivity contribution is 0.144. The number of halogens is 1. The van der Waals surface area contributed by atoms with E-state index < -0.39 is 0 Å². The van der Waals surface area contributed by atoms with Crippen molar-refractivity contribution in [2.24, 2.45) is 10.7 Å². The Morgan fingerprint density at radius 2 is 2.00 bits per heavy atom. The zero-order chi connectivity index (χ0) is 14.1. The first kappa shape index (κ1) is 19.2. The van der Waals surface area contributed by atoms with Crippen LogP contribution in [0.3, 0.4) is 0 Å². The molecule has 114 valence electrons. The van der Waals surface area contributed by atoms with E-state index in [0.29, 0.717) is 5.96 Å². The topological polar surface area (TPSA) is 59.6 Å². The van der Waals surface area contributed by atoms with Gasteiger partial charge in [0.05, 0.1) is 0 Å². The summed E-state index contributed by atoms with van der Waals surface area (Å²) in [6.07, 6.45) is 2.02. The lowest BCUT2D eigenvalue weighted by Crippen LogP contribution is -2.23. The van der Waals surface area contributed by atoms with Crippen molar-refractivity contribution >= 4 is 35.6 Å². The monoisotopic (exact) mass is 391 g/mol. The van der Waals surface area contributed by atoms with Gasteiger partial charge in [0, 0.05) is 25.4 Å². The van der Waals surface area contributed by atoms with Gasteiger partial charge in [-0.25, -0.2) is 0 Å². The number of guanidine groups is 1. The van der Waals surface area contributed by atoms with Crippen LogP contribution in [0.2, 0.25) is 0 Å². The van der Waals surface area contributed by atoms with E-state index in [0.717, 1.165) is 38.3 Å². The summed E-state index contributed by atoms with van der Waals surface area (Å²) in [5, 5.41) is 3.11. The molecule has 1 rings (SSSR count). The fourth-order valence-electron chi connectivity index (χ4n) is 1.67. The Morgan fingerprint density at radius 3 is 2.65 bits per heavy atom. The standard InChI is InChI=1S/C15H25N3O.HI/c1-4-19-10-6-5-9-17-15(16)18-14-8-7-12(2)13(3)11-14;/h7-8,11H,4-6,9-10H2,1-3H3,(H3,16,17,18);1H. The van der Waals surface area contributed by atoms with Crippen LogP contribution in [-0.2, 0) is 4.74 Å². The van der Waals surface area contributed by atoms with Crippen LogP contribution in [0.4, 0.5) is 5.69 Å². The van der Waals surface area contributed by atoms with E-state index >= 15 is 0 Å². The maximum atomic E-state index is 5.84. The van der Waals surface area contributed by atoms with Crippen LogP contribution in [0.25, 0.3) is 0 Å². The molecule has 20 heavy (non-hydrogen) atoms. The highest BCUT2D eigenvalue weighted by molar-refractivity contribution is 14.0. The molecular formula is C15H26IN3O. The van der Waals surface area contributed by atoms with Gasteiger partial charge in [-0.15, -0.1) is 24.0 Å². The molecule has 0 heterocycles. The van der Waals surface area contributed by atoms with Crippen LogP contribution in [0.1, 0.15) is 30.9 Å². The Morgan fingerprint density at radius 1 is 1.25 bits per heavy atom. The van der Waals surface area contributed by atoms with E-state index in [2.05, 4.69) is 36.3 Å². The lowest BCUT2D eigenvalue weighted by Gasteiger charge is -2.08. The molecule has 4 nitrogen and oxygen atoms in total. The van der Waals surface area contributed by atoms with Crippen LogP contribution in [0, 0.1) is 13.8 Å². The number of aryl methyl sites for hydroxylation is 2. The maximum absolute atomic E-state index is 5.84. The number of hydrogen-bond donors (Lipinski definition) is 2. The minimum absolute atomic E-state index is 0. The Balaban J connectivity index is 0.00000361. The van der Waals surface area contributed by atoms with E-state index in [1.807, 2.05) is 13.0 Å². The number of nitrogens with zero attached hydrogens (tertiary/aromatic N) is 1. The third-order valence-corrected chi connectivity index (χ3v) is 2.96. The number of benzene rings is 1. The van der Waals surface area contributed by atoms with Gasteiger partial charge in [0.25, 0.3) is 0 Å². The molecule has 0 aliphatic carbocycles. The van der Waals surface area contributed by atoms with Gasteiger partial charge in [0.15, 0.2) is 5.96 Å². The Bertz CT molecular complexity index is 422. The summed E-state index contributed by atoms with van der Waals surface area (Å²) in [6, 6.07) is 6.17. The van der Waals surface area contributed by atoms with Gasteiger partial charge < -0.3 is 15.8 Å². The van der Waals surface area contributed by atoms with E-state index in [1.165, 1.54) is 11.1 Å². The van der Waals surface area contributed by atoms with Crippen LogP contribution >= 0.6 is 24.0 Å². The van der Waals surface area contributed by atoms with E-state index in [9.17, 15) is 0 Å². The molecule has 3 N–H and O–H groups in total. The zero-order valence-corrected chi connectivity index (χ0v) is 14.9. The molecule has 0 aliphatic heterocycles. The second-order valence-corrected chi connectivity index (χ2v) is 4.60. The highest BCUT2D eigenvalue weighted by atomic mass is 127. The number of nitrogens with two attached hydrogens (primary N) is 1. The number of unbranched alkanes of at least 4 members (excludes halogenated alkanes) is 1. The largest absolute Gasteiger partial charge is 0.382 e. The maximum Gasteiger partial charge on any atom is 0.193 e. The number of aliphatic imine (C=N–C) groups is 1. The van der Waals surface area contributed by atoms with Crippen molar-refractivity contribution in [1.82, 2.24) is 0 Å². The van der Waals surface area contributed by atoms with Gasteiger partial charge in [-0.2, -0.15) is 0 Å². The molecule has 0 aromatic heterocycles. The summed E-state index contributed by atoms with van der Waals surface area (Å²) in [5.41, 5.74) is 9.35. The third kappa shape index (κ3) is 7.69. The highest BCUT2D eigenvalue weighted by Gasteiger charge is 1.97. The SMILES string of the molecule is CCOCCCCN=C(N)Nc1ccc(C)c(C)c1.I. The smallest absolute Gasteiger partial charge is 0.193 e. The molecule has 0 atom stereocenters. The molecule has 0 unspecified atom stereocenters. The molecular weight excluding hydrogens is 365 g/mol. The van der Waals surface area contributed by atoms with Gasteiger partial charge in [-0.3, -0.25) is 4.99 Å². The van der Waals surface area contributed by atoms with Gasteiger partial charge >= 0.3 is 0 Å². The molecule has 0 bridgehead atoms. The van der Waals surface area contributed by atoms with Crippen LogP contribution in [-0.4, -0.2) is 25.7 Å². The van der Waals surface area contributed by atoms with Crippen LogP contribution in [0.5, 0.6) is 0 Å². The average molecular weight is 391 g/mol. The molecule has 0 amide bonds. The first-order valence-corrected chi connectivity index (χ1v) is 6.85. The number of hydrogen-bond acceptors (Lipinski definition) is 2. The van der Waals surface area contributed by atoms with Gasteiger partial charge in [0.1, 0.15) is 0 Å². The lowest BCUT2D eigenvalue weighted by atomic mass is 10.1. The van der Waals surface area contributed by atoms with Crippen molar-refractivity contribution in [3.63, 3.8) is 0 Å². The molecule has 0 saturated heterocycles. The molecule has 0 aliphatic rings. The van der Waals surface area contributed by atoms with Crippen molar-refractivity contribution in [3.8, 4) is 0 Å². The Labute approximate surface area is 139 Å².